The lowest BCUT2D eigenvalue weighted by atomic mass is 9.93. The summed E-state index contributed by atoms with van der Waals surface area (Å²) in [5, 5.41) is 3.74. The maximum atomic E-state index is 3.74. The third-order valence-corrected chi connectivity index (χ3v) is 4.03. The molecule has 1 heteroatoms. The highest BCUT2D eigenvalue weighted by atomic mass is 14.9. The van der Waals surface area contributed by atoms with Gasteiger partial charge in [-0.15, -0.1) is 0 Å². The minimum Gasteiger partial charge on any atom is -0.314 e. The molecule has 0 aliphatic heterocycles. The zero-order chi connectivity index (χ0) is 11.8. The minimum absolute atomic E-state index is 0.741. The topological polar surface area (TPSA) is 12.0 Å². The Hall–Kier alpha value is -0.0400. The lowest BCUT2D eigenvalue weighted by molar-refractivity contribution is 0.333. The zero-order valence-corrected chi connectivity index (χ0v) is 11.6. The second-order valence-corrected chi connectivity index (χ2v) is 6.03. The molecule has 0 spiro atoms. The Morgan fingerprint density at radius 1 is 1.00 bits per heavy atom. The van der Waals surface area contributed by atoms with Crippen LogP contribution in [0.5, 0.6) is 0 Å². The van der Waals surface area contributed by atoms with Crippen molar-refractivity contribution in [2.45, 2.75) is 78.2 Å². The summed E-state index contributed by atoms with van der Waals surface area (Å²) in [7, 11) is 0. The quantitative estimate of drug-likeness (QED) is 0.523. The molecule has 1 nitrogen and oxygen atoms in total. The lowest BCUT2D eigenvalue weighted by Gasteiger charge is -2.23. The molecule has 0 aromatic carbocycles. The average molecular weight is 225 g/mol. The largest absolute Gasteiger partial charge is 0.314 e. The minimum atomic E-state index is 0.741. The van der Waals surface area contributed by atoms with Crippen molar-refractivity contribution < 1.29 is 0 Å². The highest BCUT2D eigenvalue weighted by molar-refractivity contribution is 4.74. The van der Waals surface area contributed by atoms with E-state index in [4.69, 9.17) is 0 Å². The molecule has 1 fully saturated rings. The molecule has 1 aliphatic carbocycles. The smallest absolute Gasteiger partial charge is 0.00669 e. The van der Waals surface area contributed by atoms with Gasteiger partial charge in [-0.2, -0.15) is 0 Å². The van der Waals surface area contributed by atoms with E-state index in [1.54, 1.807) is 0 Å². The van der Waals surface area contributed by atoms with Crippen LogP contribution < -0.4 is 5.32 Å². The standard InChI is InChI=1S/C15H31N/c1-13(2)9-8-12-16-14(3)15-10-6-4-5-7-11-15/h13-16H,4-12H2,1-3H3/t14-/m1/s1. The third kappa shape index (κ3) is 5.89. The van der Waals surface area contributed by atoms with Crippen molar-refractivity contribution in [3.05, 3.63) is 0 Å². The van der Waals surface area contributed by atoms with Crippen LogP contribution in [0.1, 0.15) is 72.1 Å². The van der Waals surface area contributed by atoms with E-state index >= 15 is 0 Å². The van der Waals surface area contributed by atoms with Crippen molar-refractivity contribution >= 4 is 0 Å². The van der Waals surface area contributed by atoms with Crippen molar-refractivity contribution in [1.82, 2.24) is 5.32 Å². The predicted octanol–water partition coefficient (Wildman–Crippen LogP) is 4.37. The first kappa shape index (κ1) is 14.0. The highest BCUT2D eigenvalue weighted by Gasteiger charge is 2.18. The molecule has 0 aromatic rings. The van der Waals surface area contributed by atoms with Gasteiger partial charge >= 0.3 is 0 Å². The monoisotopic (exact) mass is 225 g/mol. The Morgan fingerprint density at radius 3 is 2.19 bits per heavy atom. The fourth-order valence-corrected chi connectivity index (χ4v) is 2.82. The summed E-state index contributed by atoms with van der Waals surface area (Å²) in [6.07, 6.45) is 11.5. The molecule has 1 atom stereocenters. The summed E-state index contributed by atoms with van der Waals surface area (Å²) in [4.78, 5) is 0. The molecule has 16 heavy (non-hydrogen) atoms. The number of nitrogens with one attached hydrogen (secondary N) is 1. The van der Waals surface area contributed by atoms with Crippen LogP contribution in [-0.4, -0.2) is 12.6 Å². The van der Waals surface area contributed by atoms with Gasteiger partial charge in [-0.3, -0.25) is 0 Å². The van der Waals surface area contributed by atoms with E-state index < -0.39 is 0 Å². The first-order valence-corrected chi connectivity index (χ1v) is 7.43. The first-order chi connectivity index (χ1) is 7.70. The molecule has 0 unspecified atom stereocenters. The van der Waals surface area contributed by atoms with E-state index in [0.29, 0.717) is 0 Å². The van der Waals surface area contributed by atoms with Crippen LogP contribution in [0.15, 0.2) is 0 Å². The van der Waals surface area contributed by atoms with E-state index in [9.17, 15) is 0 Å². The van der Waals surface area contributed by atoms with Gasteiger partial charge in [-0.05, 0) is 51.0 Å². The maximum absolute atomic E-state index is 3.74. The highest BCUT2D eigenvalue weighted by Crippen LogP contribution is 2.25. The van der Waals surface area contributed by atoms with Gasteiger partial charge in [0.15, 0.2) is 0 Å². The number of rotatable bonds is 6. The van der Waals surface area contributed by atoms with Crippen LogP contribution in [0.2, 0.25) is 0 Å². The third-order valence-electron chi connectivity index (χ3n) is 4.03. The Kier molecular flexibility index (Phi) is 7.11. The van der Waals surface area contributed by atoms with Crippen LogP contribution in [0.3, 0.4) is 0 Å². The summed E-state index contributed by atoms with van der Waals surface area (Å²) in [6.45, 7) is 8.24. The van der Waals surface area contributed by atoms with Crippen molar-refractivity contribution in [2.24, 2.45) is 11.8 Å². The molecule has 0 heterocycles. The van der Waals surface area contributed by atoms with E-state index in [0.717, 1.165) is 17.9 Å². The summed E-state index contributed by atoms with van der Waals surface area (Å²) in [5.74, 6) is 1.80. The molecule has 0 saturated heterocycles. The van der Waals surface area contributed by atoms with E-state index in [1.165, 1.54) is 57.9 Å². The number of hydrogen-bond acceptors (Lipinski definition) is 1. The van der Waals surface area contributed by atoms with Gasteiger partial charge < -0.3 is 5.32 Å². The van der Waals surface area contributed by atoms with Gasteiger partial charge in [0.05, 0.1) is 0 Å². The lowest BCUT2D eigenvalue weighted by Crippen LogP contribution is -2.34. The second-order valence-electron chi connectivity index (χ2n) is 6.03. The molecular formula is C15H31N. The molecule has 0 bridgehead atoms. The zero-order valence-electron chi connectivity index (χ0n) is 11.6. The maximum Gasteiger partial charge on any atom is 0.00669 e. The van der Waals surface area contributed by atoms with E-state index in [1.807, 2.05) is 0 Å². The normalized spacial score (nSPS) is 21.0. The molecule has 0 amide bonds. The Labute approximate surface area is 102 Å². The number of hydrogen-bond donors (Lipinski definition) is 1. The summed E-state index contributed by atoms with van der Waals surface area (Å²) >= 11 is 0. The van der Waals surface area contributed by atoms with E-state index in [-0.39, 0.29) is 0 Å². The molecule has 96 valence electrons. The van der Waals surface area contributed by atoms with Crippen LogP contribution in [0, 0.1) is 11.8 Å². The summed E-state index contributed by atoms with van der Waals surface area (Å²) in [6, 6.07) is 0.741. The SMILES string of the molecule is CC(C)CCCN[C@H](C)C1CCCCCC1. The molecule has 0 aromatic heterocycles. The van der Waals surface area contributed by atoms with E-state index in [2.05, 4.69) is 26.1 Å². The first-order valence-electron chi connectivity index (χ1n) is 7.43. The molecule has 1 N–H and O–H groups in total. The predicted molar refractivity (Wildman–Crippen MR) is 72.7 cm³/mol. The Bertz CT molecular complexity index is 157. The summed E-state index contributed by atoms with van der Waals surface area (Å²) in [5.41, 5.74) is 0. The molecule has 1 rings (SSSR count). The van der Waals surface area contributed by atoms with Gasteiger partial charge in [0.1, 0.15) is 0 Å². The van der Waals surface area contributed by atoms with Crippen LogP contribution >= 0.6 is 0 Å². The van der Waals surface area contributed by atoms with Crippen LogP contribution in [-0.2, 0) is 0 Å². The molecule has 0 radical (unpaired) electrons. The van der Waals surface area contributed by atoms with Gasteiger partial charge in [-0.25, -0.2) is 0 Å². The second kappa shape index (κ2) is 8.11. The molecule has 1 saturated carbocycles. The average Bonchev–Trinajstić information content (AvgIpc) is 2.52. The Balaban J connectivity index is 2.10. The fourth-order valence-electron chi connectivity index (χ4n) is 2.82. The van der Waals surface area contributed by atoms with Gasteiger partial charge in [0.25, 0.3) is 0 Å². The van der Waals surface area contributed by atoms with Gasteiger partial charge in [-0.1, -0.05) is 39.5 Å². The van der Waals surface area contributed by atoms with Crippen molar-refractivity contribution in [2.75, 3.05) is 6.54 Å². The van der Waals surface area contributed by atoms with Crippen molar-refractivity contribution in [1.29, 1.82) is 0 Å². The van der Waals surface area contributed by atoms with Crippen molar-refractivity contribution in [3.8, 4) is 0 Å². The van der Waals surface area contributed by atoms with Crippen LogP contribution in [0.4, 0.5) is 0 Å². The van der Waals surface area contributed by atoms with Crippen molar-refractivity contribution in [3.63, 3.8) is 0 Å². The molecule has 1 aliphatic rings. The van der Waals surface area contributed by atoms with Crippen LogP contribution in [0.25, 0.3) is 0 Å². The van der Waals surface area contributed by atoms with Gasteiger partial charge in [0, 0.05) is 6.04 Å². The van der Waals surface area contributed by atoms with Gasteiger partial charge in [0.2, 0.25) is 0 Å². The Morgan fingerprint density at radius 2 is 1.62 bits per heavy atom. The fraction of sp³-hybridized carbons (Fsp3) is 1.00. The summed E-state index contributed by atoms with van der Waals surface area (Å²) < 4.78 is 0. The molecular weight excluding hydrogens is 194 g/mol.